The number of amides is 1. The highest BCUT2D eigenvalue weighted by atomic mass is 19.1. The van der Waals surface area contributed by atoms with E-state index in [4.69, 9.17) is 4.74 Å². The molecule has 5 nitrogen and oxygen atoms in total. The van der Waals surface area contributed by atoms with Gasteiger partial charge in [-0.3, -0.25) is 4.79 Å². The molecule has 0 saturated heterocycles. The van der Waals surface area contributed by atoms with Gasteiger partial charge in [-0.05, 0) is 49.8 Å². The summed E-state index contributed by atoms with van der Waals surface area (Å²) in [5, 5.41) is 7.43. The van der Waals surface area contributed by atoms with E-state index in [1.54, 1.807) is 12.1 Å². The smallest absolute Gasteiger partial charge is 0.244 e. The number of aryl methyl sites for hydroxylation is 1. The third kappa shape index (κ3) is 4.28. The van der Waals surface area contributed by atoms with E-state index in [0.29, 0.717) is 12.1 Å². The van der Waals surface area contributed by atoms with Gasteiger partial charge in [0.2, 0.25) is 5.91 Å². The van der Waals surface area contributed by atoms with Gasteiger partial charge in [-0.15, -0.1) is 0 Å². The fourth-order valence-electron chi connectivity index (χ4n) is 2.94. The number of benzene rings is 2. The molecular formula is C22H22FN3O2. The lowest BCUT2D eigenvalue weighted by atomic mass is 10.2. The fraction of sp³-hybridized carbons (Fsp3) is 0.182. The number of hydrogen-bond donors (Lipinski definition) is 1. The summed E-state index contributed by atoms with van der Waals surface area (Å²) in [4.78, 5) is 12.2. The minimum atomic E-state index is -0.468. The molecule has 144 valence electrons. The van der Waals surface area contributed by atoms with E-state index in [9.17, 15) is 9.18 Å². The number of para-hydroxylation sites is 1. The van der Waals surface area contributed by atoms with E-state index in [1.807, 2.05) is 48.9 Å². The minimum Gasteiger partial charge on any atom is -0.494 e. The summed E-state index contributed by atoms with van der Waals surface area (Å²) in [7, 11) is 1.41. The standard InChI is InChI=1S/C22H22FN3O2/c1-15-19(16(2)26(25-15)18-7-5-4-6-8-18)14-24-22(27)12-10-17-9-11-21(28-3)20(23)13-17/h4-13H,14H2,1-3H3,(H,24,27)/b12-10+. The normalized spacial score (nSPS) is 11.0. The Hall–Kier alpha value is -3.41. The second-order valence-electron chi connectivity index (χ2n) is 6.34. The highest BCUT2D eigenvalue weighted by Crippen LogP contribution is 2.19. The number of hydrogen-bond acceptors (Lipinski definition) is 3. The van der Waals surface area contributed by atoms with E-state index in [1.165, 1.54) is 25.3 Å². The Kier molecular flexibility index (Phi) is 5.89. The van der Waals surface area contributed by atoms with Crippen molar-refractivity contribution in [1.29, 1.82) is 0 Å². The van der Waals surface area contributed by atoms with Crippen LogP contribution in [-0.2, 0) is 11.3 Å². The van der Waals surface area contributed by atoms with Gasteiger partial charge in [-0.25, -0.2) is 9.07 Å². The average Bonchev–Trinajstić information content (AvgIpc) is 2.99. The molecule has 0 saturated carbocycles. The summed E-state index contributed by atoms with van der Waals surface area (Å²) < 4.78 is 20.5. The minimum absolute atomic E-state index is 0.169. The van der Waals surface area contributed by atoms with Gasteiger partial charge in [0, 0.05) is 23.9 Å². The van der Waals surface area contributed by atoms with Gasteiger partial charge in [0.05, 0.1) is 18.5 Å². The molecule has 1 heterocycles. The monoisotopic (exact) mass is 379 g/mol. The number of nitrogens with one attached hydrogen (secondary N) is 1. The highest BCUT2D eigenvalue weighted by Gasteiger charge is 2.13. The van der Waals surface area contributed by atoms with Crippen molar-refractivity contribution in [3.05, 3.63) is 82.9 Å². The van der Waals surface area contributed by atoms with Crippen molar-refractivity contribution < 1.29 is 13.9 Å². The second-order valence-corrected chi connectivity index (χ2v) is 6.34. The van der Waals surface area contributed by atoms with Crippen molar-refractivity contribution in [3.63, 3.8) is 0 Å². The molecule has 0 spiro atoms. The van der Waals surface area contributed by atoms with Crippen molar-refractivity contribution in [2.24, 2.45) is 0 Å². The van der Waals surface area contributed by atoms with Crippen LogP contribution in [0.25, 0.3) is 11.8 Å². The number of rotatable bonds is 6. The van der Waals surface area contributed by atoms with Crippen molar-refractivity contribution >= 4 is 12.0 Å². The summed E-state index contributed by atoms with van der Waals surface area (Å²) in [5.41, 5.74) is 4.37. The summed E-state index contributed by atoms with van der Waals surface area (Å²) in [6, 6.07) is 14.4. The topological polar surface area (TPSA) is 56.1 Å². The Balaban J connectivity index is 1.66. The molecule has 3 rings (SSSR count). The number of ether oxygens (including phenoxy) is 1. The lowest BCUT2D eigenvalue weighted by molar-refractivity contribution is -0.116. The molecule has 1 N–H and O–H groups in total. The molecule has 0 unspecified atom stereocenters. The average molecular weight is 379 g/mol. The molecule has 0 fully saturated rings. The zero-order valence-corrected chi connectivity index (χ0v) is 16.1. The van der Waals surface area contributed by atoms with Crippen LogP contribution in [0.4, 0.5) is 4.39 Å². The SMILES string of the molecule is COc1ccc(/C=C/C(=O)NCc2c(C)nn(-c3ccccc3)c2C)cc1F. The number of nitrogens with zero attached hydrogens (tertiary/aromatic N) is 2. The third-order valence-corrected chi connectivity index (χ3v) is 4.48. The Bertz CT molecular complexity index is 1010. The highest BCUT2D eigenvalue weighted by molar-refractivity contribution is 5.91. The maximum absolute atomic E-state index is 13.7. The largest absolute Gasteiger partial charge is 0.494 e. The van der Waals surface area contributed by atoms with Crippen LogP contribution in [0, 0.1) is 19.7 Å². The van der Waals surface area contributed by atoms with E-state index in [0.717, 1.165) is 22.6 Å². The van der Waals surface area contributed by atoms with Crippen molar-refractivity contribution in [2.75, 3.05) is 7.11 Å². The Morgan fingerprint density at radius 1 is 1.21 bits per heavy atom. The molecule has 28 heavy (non-hydrogen) atoms. The van der Waals surface area contributed by atoms with E-state index in [2.05, 4.69) is 10.4 Å². The Morgan fingerprint density at radius 2 is 1.96 bits per heavy atom. The molecule has 0 aliphatic carbocycles. The van der Waals surface area contributed by atoms with Gasteiger partial charge >= 0.3 is 0 Å². The van der Waals surface area contributed by atoms with Gasteiger partial charge in [-0.2, -0.15) is 5.10 Å². The van der Waals surface area contributed by atoms with Crippen molar-refractivity contribution in [1.82, 2.24) is 15.1 Å². The van der Waals surface area contributed by atoms with Crippen LogP contribution in [0.15, 0.2) is 54.6 Å². The van der Waals surface area contributed by atoms with E-state index >= 15 is 0 Å². The second kappa shape index (κ2) is 8.52. The van der Waals surface area contributed by atoms with Crippen molar-refractivity contribution in [3.8, 4) is 11.4 Å². The molecule has 2 aromatic carbocycles. The number of carbonyl (C=O) groups is 1. The van der Waals surface area contributed by atoms with Crippen LogP contribution in [-0.4, -0.2) is 22.8 Å². The lowest BCUT2D eigenvalue weighted by Gasteiger charge is -2.06. The van der Waals surface area contributed by atoms with Gasteiger partial charge < -0.3 is 10.1 Å². The van der Waals surface area contributed by atoms with Crippen LogP contribution in [0.2, 0.25) is 0 Å². The number of methoxy groups -OCH3 is 1. The number of carbonyl (C=O) groups excluding carboxylic acids is 1. The summed E-state index contributed by atoms with van der Waals surface area (Å²) in [5.74, 6) is -0.560. The first-order valence-electron chi connectivity index (χ1n) is 8.89. The molecule has 6 heteroatoms. The van der Waals surface area contributed by atoms with Crippen LogP contribution in [0.3, 0.4) is 0 Å². The predicted octanol–water partition coefficient (Wildman–Crippen LogP) is 3.97. The summed E-state index contributed by atoms with van der Waals surface area (Å²) in [6.07, 6.45) is 2.94. The molecule has 1 amide bonds. The van der Waals surface area contributed by atoms with E-state index in [-0.39, 0.29) is 11.7 Å². The quantitative estimate of drug-likeness (QED) is 0.660. The molecule has 0 aliphatic rings. The van der Waals surface area contributed by atoms with Gasteiger partial charge in [0.1, 0.15) is 0 Å². The maximum Gasteiger partial charge on any atom is 0.244 e. The number of aromatic nitrogens is 2. The zero-order valence-electron chi connectivity index (χ0n) is 16.1. The summed E-state index contributed by atoms with van der Waals surface area (Å²) in [6.45, 7) is 4.26. The Labute approximate surface area is 163 Å². The van der Waals surface area contributed by atoms with Crippen LogP contribution in [0.1, 0.15) is 22.5 Å². The molecular weight excluding hydrogens is 357 g/mol. The van der Waals surface area contributed by atoms with E-state index < -0.39 is 5.82 Å². The molecule has 0 radical (unpaired) electrons. The van der Waals surface area contributed by atoms with Gasteiger partial charge in [0.25, 0.3) is 0 Å². The third-order valence-electron chi connectivity index (χ3n) is 4.48. The molecule has 0 atom stereocenters. The molecule has 0 bridgehead atoms. The zero-order chi connectivity index (χ0) is 20.1. The Morgan fingerprint density at radius 3 is 2.64 bits per heavy atom. The van der Waals surface area contributed by atoms with Crippen molar-refractivity contribution in [2.45, 2.75) is 20.4 Å². The first-order valence-corrected chi connectivity index (χ1v) is 8.89. The predicted molar refractivity (Wildman–Crippen MR) is 107 cm³/mol. The van der Waals surface area contributed by atoms with Gasteiger partial charge in [-0.1, -0.05) is 24.3 Å². The van der Waals surface area contributed by atoms with Gasteiger partial charge in [0.15, 0.2) is 11.6 Å². The lowest BCUT2D eigenvalue weighted by Crippen LogP contribution is -2.21. The maximum atomic E-state index is 13.7. The first-order chi connectivity index (χ1) is 13.5. The van der Waals surface area contributed by atoms with Crippen LogP contribution >= 0.6 is 0 Å². The summed E-state index contributed by atoms with van der Waals surface area (Å²) >= 11 is 0. The molecule has 3 aromatic rings. The number of halogens is 1. The van der Waals surface area contributed by atoms with Crippen LogP contribution in [0.5, 0.6) is 5.75 Å². The first kappa shape index (κ1) is 19.4. The van der Waals surface area contributed by atoms with Crippen LogP contribution < -0.4 is 10.1 Å². The molecule has 0 aliphatic heterocycles. The fourth-order valence-corrected chi connectivity index (χ4v) is 2.94. The molecule has 1 aromatic heterocycles.